The zero-order valence-electron chi connectivity index (χ0n) is 19.3. The average molecular weight is 483 g/mol. The Morgan fingerprint density at radius 3 is 2.74 bits per heavy atom. The molecule has 0 aliphatic carbocycles. The minimum absolute atomic E-state index is 0.0278. The Kier molecular flexibility index (Phi) is 7.35. The molecule has 2 aliphatic rings. The third-order valence-corrected chi connectivity index (χ3v) is 6.97. The van der Waals surface area contributed by atoms with Crippen molar-refractivity contribution in [1.82, 2.24) is 19.7 Å². The van der Waals surface area contributed by atoms with E-state index in [0.717, 1.165) is 68.7 Å². The summed E-state index contributed by atoms with van der Waals surface area (Å²) in [6, 6.07) is 15.9. The molecule has 0 radical (unpaired) electrons. The summed E-state index contributed by atoms with van der Waals surface area (Å²) in [5, 5.41) is 3.74. The summed E-state index contributed by atoms with van der Waals surface area (Å²) in [7, 11) is 0. The molecule has 1 atom stereocenters. The average Bonchev–Trinajstić information content (AvgIpc) is 3.53. The molecule has 0 bridgehead atoms. The Morgan fingerprint density at radius 2 is 1.88 bits per heavy atom. The molecule has 0 saturated carbocycles. The van der Waals surface area contributed by atoms with Gasteiger partial charge in [0.1, 0.15) is 5.76 Å². The molecule has 34 heavy (non-hydrogen) atoms. The van der Waals surface area contributed by atoms with Gasteiger partial charge in [-0.3, -0.25) is 14.6 Å². The van der Waals surface area contributed by atoms with E-state index >= 15 is 0 Å². The van der Waals surface area contributed by atoms with Crippen LogP contribution in [-0.2, 0) is 17.8 Å². The molecule has 1 fully saturated rings. The van der Waals surface area contributed by atoms with E-state index in [-0.39, 0.29) is 11.9 Å². The van der Waals surface area contributed by atoms with Gasteiger partial charge in [-0.25, -0.2) is 0 Å². The maximum atomic E-state index is 12.6. The molecule has 2 aromatic heterocycles. The van der Waals surface area contributed by atoms with E-state index in [2.05, 4.69) is 44.1 Å². The third-order valence-electron chi connectivity index (χ3n) is 6.62. The highest BCUT2D eigenvalue weighted by Crippen LogP contribution is 2.36. The maximum absolute atomic E-state index is 12.6. The minimum Gasteiger partial charge on any atom is -0.455 e. The standard InChI is InChI=1S/C26H31ClN4O3/c27-22-6-2-1-5-21(22)25-23-7-3-12-30(23)13-14-31(25)19-20-8-9-24(34-20)26(32)28-10-4-11-29-15-17-33-18-16-29/h1-3,5-9,12,25H,4,10-11,13-19H2,(H,28,32). The van der Waals surface area contributed by atoms with E-state index < -0.39 is 0 Å². The summed E-state index contributed by atoms with van der Waals surface area (Å²) in [4.78, 5) is 17.3. The van der Waals surface area contributed by atoms with Gasteiger partial charge in [-0.2, -0.15) is 0 Å². The monoisotopic (exact) mass is 482 g/mol. The summed E-state index contributed by atoms with van der Waals surface area (Å²) in [6.07, 6.45) is 3.02. The van der Waals surface area contributed by atoms with Crippen molar-refractivity contribution in [1.29, 1.82) is 0 Å². The Labute approximate surface area is 205 Å². The third kappa shape index (κ3) is 5.23. The number of fused-ring (bicyclic) bond motifs is 1. The molecule has 1 saturated heterocycles. The van der Waals surface area contributed by atoms with E-state index in [1.165, 1.54) is 5.69 Å². The van der Waals surface area contributed by atoms with E-state index in [4.69, 9.17) is 20.8 Å². The predicted octanol–water partition coefficient (Wildman–Crippen LogP) is 3.79. The summed E-state index contributed by atoms with van der Waals surface area (Å²) < 4.78 is 13.6. The number of hydrogen-bond donors (Lipinski definition) is 1. The van der Waals surface area contributed by atoms with E-state index in [1.807, 2.05) is 24.3 Å². The van der Waals surface area contributed by atoms with Gasteiger partial charge in [-0.1, -0.05) is 29.8 Å². The lowest BCUT2D eigenvalue weighted by atomic mass is 9.99. The molecule has 3 aromatic rings. The fourth-order valence-electron chi connectivity index (χ4n) is 4.86. The largest absolute Gasteiger partial charge is 0.455 e. The zero-order chi connectivity index (χ0) is 23.3. The number of rotatable bonds is 8. The second-order valence-corrected chi connectivity index (χ2v) is 9.26. The first-order valence-corrected chi connectivity index (χ1v) is 12.4. The van der Waals surface area contributed by atoms with Crippen molar-refractivity contribution in [2.45, 2.75) is 25.6 Å². The van der Waals surface area contributed by atoms with Crippen LogP contribution in [0.25, 0.3) is 0 Å². The van der Waals surface area contributed by atoms with Crippen molar-refractivity contribution in [3.8, 4) is 0 Å². The Hall–Kier alpha value is -2.58. The van der Waals surface area contributed by atoms with Gasteiger partial charge in [0.2, 0.25) is 0 Å². The molecule has 7 nitrogen and oxygen atoms in total. The van der Waals surface area contributed by atoms with Crippen LogP contribution in [0.5, 0.6) is 0 Å². The maximum Gasteiger partial charge on any atom is 0.286 e. The van der Waals surface area contributed by atoms with Gasteiger partial charge >= 0.3 is 0 Å². The minimum atomic E-state index is -0.164. The van der Waals surface area contributed by atoms with Crippen molar-refractivity contribution in [3.63, 3.8) is 0 Å². The lowest BCUT2D eigenvalue weighted by Crippen LogP contribution is -2.38. The Balaban J connectivity index is 1.21. The smallest absolute Gasteiger partial charge is 0.286 e. The number of nitrogens with one attached hydrogen (secondary N) is 1. The van der Waals surface area contributed by atoms with Gasteiger partial charge in [-0.15, -0.1) is 0 Å². The Bertz CT molecular complexity index is 1100. The quantitative estimate of drug-likeness (QED) is 0.495. The normalized spacial score (nSPS) is 19.1. The van der Waals surface area contributed by atoms with E-state index in [0.29, 0.717) is 18.8 Å². The first-order chi connectivity index (χ1) is 16.7. The van der Waals surface area contributed by atoms with Crippen LogP contribution >= 0.6 is 11.6 Å². The highest BCUT2D eigenvalue weighted by molar-refractivity contribution is 6.31. The number of benzene rings is 1. The molecule has 5 rings (SSSR count). The molecular weight excluding hydrogens is 452 g/mol. The fourth-order valence-corrected chi connectivity index (χ4v) is 5.10. The molecular formula is C26H31ClN4O3. The molecule has 4 heterocycles. The van der Waals surface area contributed by atoms with Crippen molar-refractivity contribution in [3.05, 3.63) is 82.5 Å². The van der Waals surface area contributed by atoms with Crippen LogP contribution in [0.3, 0.4) is 0 Å². The predicted molar refractivity (Wildman–Crippen MR) is 131 cm³/mol. The summed E-state index contributed by atoms with van der Waals surface area (Å²) in [6.45, 7) is 7.48. The molecule has 2 aliphatic heterocycles. The highest BCUT2D eigenvalue weighted by atomic mass is 35.5. The first kappa shape index (κ1) is 23.2. The SMILES string of the molecule is O=C(NCCCN1CCOCC1)c1ccc(CN2CCn3cccc3C2c2ccccc2Cl)o1. The van der Waals surface area contributed by atoms with E-state index in [1.54, 1.807) is 6.07 Å². The topological polar surface area (TPSA) is 62.9 Å². The zero-order valence-corrected chi connectivity index (χ0v) is 20.0. The lowest BCUT2D eigenvalue weighted by molar-refractivity contribution is 0.0374. The number of aromatic nitrogens is 1. The molecule has 180 valence electrons. The van der Waals surface area contributed by atoms with E-state index in [9.17, 15) is 4.79 Å². The van der Waals surface area contributed by atoms with Crippen LogP contribution in [-0.4, -0.2) is 66.2 Å². The van der Waals surface area contributed by atoms with Gasteiger partial charge in [-0.05, 0) is 48.9 Å². The molecule has 8 heteroatoms. The number of ether oxygens (including phenoxy) is 1. The van der Waals surface area contributed by atoms with Crippen molar-refractivity contribution >= 4 is 17.5 Å². The second-order valence-electron chi connectivity index (χ2n) is 8.85. The summed E-state index contributed by atoms with van der Waals surface area (Å²) in [5.74, 6) is 0.968. The van der Waals surface area contributed by atoms with Crippen molar-refractivity contribution < 1.29 is 13.9 Å². The van der Waals surface area contributed by atoms with Gasteiger partial charge < -0.3 is 19.0 Å². The lowest BCUT2D eigenvalue weighted by Gasteiger charge is -2.37. The van der Waals surface area contributed by atoms with Crippen LogP contribution < -0.4 is 5.32 Å². The number of amides is 1. The molecule has 1 N–H and O–H groups in total. The molecule has 0 spiro atoms. The van der Waals surface area contributed by atoms with Crippen molar-refractivity contribution in [2.75, 3.05) is 45.9 Å². The number of carbonyl (C=O) groups is 1. The Morgan fingerprint density at radius 1 is 1.03 bits per heavy atom. The number of carbonyl (C=O) groups excluding carboxylic acids is 1. The van der Waals surface area contributed by atoms with Gasteiger partial charge in [0.15, 0.2) is 5.76 Å². The van der Waals surface area contributed by atoms with Gasteiger partial charge in [0, 0.05) is 49.6 Å². The second kappa shape index (κ2) is 10.8. The fraction of sp³-hybridized carbons (Fsp3) is 0.423. The molecule has 1 aromatic carbocycles. The number of halogens is 1. The van der Waals surface area contributed by atoms with Crippen LogP contribution in [0.4, 0.5) is 0 Å². The van der Waals surface area contributed by atoms with Crippen molar-refractivity contribution in [2.24, 2.45) is 0 Å². The van der Waals surface area contributed by atoms with Crippen LogP contribution in [0, 0.1) is 0 Å². The number of furan rings is 1. The first-order valence-electron chi connectivity index (χ1n) is 12.0. The van der Waals surface area contributed by atoms with Crippen LogP contribution in [0.1, 0.15) is 40.0 Å². The van der Waals surface area contributed by atoms with Crippen LogP contribution in [0.15, 0.2) is 59.1 Å². The number of morpholine rings is 1. The van der Waals surface area contributed by atoms with Gasteiger partial charge in [0.25, 0.3) is 5.91 Å². The highest BCUT2D eigenvalue weighted by Gasteiger charge is 2.31. The van der Waals surface area contributed by atoms with Crippen LogP contribution in [0.2, 0.25) is 5.02 Å². The summed E-state index contributed by atoms with van der Waals surface area (Å²) >= 11 is 6.59. The molecule has 1 unspecified atom stereocenters. The van der Waals surface area contributed by atoms with Gasteiger partial charge in [0.05, 0.1) is 25.8 Å². The summed E-state index contributed by atoms with van der Waals surface area (Å²) in [5.41, 5.74) is 2.29. The number of nitrogens with zero attached hydrogens (tertiary/aromatic N) is 3. The molecule has 1 amide bonds. The number of hydrogen-bond acceptors (Lipinski definition) is 5.